The maximum atomic E-state index is 12.5. The maximum Gasteiger partial charge on any atom is 0.349 e. The normalized spacial score (nSPS) is 14.0. The number of benzene rings is 3. The number of hydrogen-bond acceptors (Lipinski definition) is 8. The van der Waals surface area contributed by atoms with Gasteiger partial charge in [-0.2, -0.15) is 5.26 Å². The zero-order valence-electron chi connectivity index (χ0n) is 23.4. The van der Waals surface area contributed by atoms with E-state index in [1.54, 1.807) is 36.4 Å². The van der Waals surface area contributed by atoms with Gasteiger partial charge in [0, 0.05) is 16.7 Å². The standard InChI is InChI=1S/C32H33ClN2O6/c1-4-6-7-14-38-27-12-8-21(16-29(27)37-5-2)31-24-11-10-23(17-28(24)41-32(35)25(31)18-34)40-30(36)19-39-26-13-9-22(33)15-20(26)3/h8-13,15-17,31H,4-7,14,19,35H2,1-3H3. The molecule has 1 heterocycles. The molecule has 0 aromatic heterocycles. The van der Waals surface area contributed by atoms with Crippen molar-refractivity contribution < 1.29 is 28.5 Å². The topological polar surface area (TPSA) is 113 Å². The molecule has 8 nitrogen and oxygen atoms in total. The number of rotatable bonds is 12. The number of aryl methyl sites for hydroxylation is 1. The van der Waals surface area contributed by atoms with Gasteiger partial charge < -0.3 is 29.4 Å². The van der Waals surface area contributed by atoms with Crippen LogP contribution >= 0.6 is 11.6 Å². The largest absolute Gasteiger partial charge is 0.490 e. The molecule has 214 valence electrons. The van der Waals surface area contributed by atoms with E-state index in [0.29, 0.717) is 46.8 Å². The predicted molar refractivity (Wildman–Crippen MR) is 156 cm³/mol. The molecule has 2 N–H and O–H groups in total. The summed E-state index contributed by atoms with van der Waals surface area (Å²) in [5.74, 6) is 1.27. The van der Waals surface area contributed by atoms with E-state index in [2.05, 4.69) is 13.0 Å². The smallest absolute Gasteiger partial charge is 0.349 e. The molecule has 9 heteroatoms. The Hall–Kier alpha value is -4.35. The van der Waals surface area contributed by atoms with Crippen LogP contribution in [0, 0.1) is 18.3 Å². The van der Waals surface area contributed by atoms with Gasteiger partial charge in [-0.15, -0.1) is 0 Å². The molecule has 3 aromatic carbocycles. The van der Waals surface area contributed by atoms with Crippen molar-refractivity contribution >= 4 is 17.6 Å². The first kappa shape index (κ1) is 29.6. The molecule has 0 saturated carbocycles. The van der Waals surface area contributed by atoms with Gasteiger partial charge in [-0.25, -0.2) is 4.79 Å². The van der Waals surface area contributed by atoms with E-state index < -0.39 is 11.9 Å². The Balaban J connectivity index is 1.55. The highest BCUT2D eigenvalue weighted by Gasteiger charge is 2.32. The van der Waals surface area contributed by atoms with Crippen molar-refractivity contribution in [2.24, 2.45) is 5.73 Å². The fourth-order valence-electron chi connectivity index (χ4n) is 4.54. The monoisotopic (exact) mass is 576 g/mol. The average molecular weight is 577 g/mol. The molecule has 0 aliphatic carbocycles. The van der Waals surface area contributed by atoms with E-state index in [9.17, 15) is 10.1 Å². The van der Waals surface area contributed by atoms with Gasteiger partial charge in [0.15, 0.2) is 18.1 Å². The second kappa shape index (κ2) is 13.8. The number of ether oxygens (including phenoxy) is 5. The minimum atomic E-state index is -0.594. The first-order valence-corrected chi connectivity index (χ1v) is 13.9. The Morgan fingerprint density at radius 1 is 1.00 bits per heavy atom. The van der Waals surface area contributed by atoms with Crippen LogP contribution in [0.25, 0.3) is 0 Å². The Labute approximate surface area is 245 Å². The number of hydrogen-bond donors (Lipinski definition) is 1. The number of nitrogens with two attached hydrogens (primary N) is 1. The second-order valence-corrected chi connectivity index (χ2v) is 9.93. The number of halogens is 1. The summed E-state index contributed by atoms with van der Waals surface area (Å²) in [6.45, 7) is 6.64. The molecular formula is C32H33ClN2O6. The van der Waals surface area contributed by atoms with Gasteiger partial charge in [0.25, 0.3) is 0 Å². The number of nitriles is 1. The van der Waals surface area contributed by atoms with Crippen LogP contribution in [0.3, 0.4) is 0 Å². The molecule has 41 heavy (non-hydrogen) atoms. The minimum Gasteiger partial charge on any atom is -0.490 e. The third kappa shape index (κ3) is 7.24. The number of esters is 1. The molecule has 0 radical (unpaired) electrons. The fourth-order valence-corrected chi connectivity index (χ4v) is 4.77. The van der Waals surface area contributed by atoms with Crippen molar-refractivity contribution in [2.45, 2.75) is 46.0 Å². The molecule has 0 bridgehead atoms. The molecule has 1 unspecified atom stereocenters. The van der Waals surface area contributed by atoms with Crippen LogP contribution in [0.1, 0.15) is 55.7 Å². The fraction of sp³-hybridized carbons (Fsp3) is 0.312. The molecule has 0 fully saturated rings. The van der Waals surface area contributed by atoms with Gasteiger partial charge in [0.2, 0.25) is 5.88 Å². The number of fused-ring (bicyclic) bond motifs is 1. The van der Waals surface area contributed by atoms with Gasteiger partial charge in [0.1, 0.15) is 28.9 Å². The van der Waals surface area contributed by atoms with Crippen molar-refractivity contribution in [3.05, 3.63) is 87.8 Å². The van der Waals surface area contributed by atoms with Gasteiger partial charge in [-0.3, -0.25) is 0 Å². The van der Waals surface area contributed by atoms with E-state index in [-0.39, 0.29) is 23.8 Å². The van der Waals surface area contributed by atoms with Gasteiger partial charge >= 0.3 is 5.97 Å². The molecule has 0 spiro atoms. The van der Waals surface area contributed by atoms with Gasteiger partial charge in [-0.05, 0) is 67.8 Å². The van der Waals surface area contributed by atoms with Crippen molar-refractivity contribution in [3.8, 4) is 34.8 Å². The average Bonchev–Trinajstić information content (AvgIpc) is 2.95. The second-order valence-electron chi connectivity index (χ2n) is 9.49. The first-order chi connectivity index (χ1) is 19.8. The number of carbonyl (C=O) groups excluding carboxylic acids is 1. The molecule has 1 aliphatic heterocycles. The summed E-state index contributed by atoms with van der Waals surface area (Å²) < 4.78 is 28.7. The van der Waals surface area contributed by atoms with E-state index in [1.165, 1.54) is 0 Å². The highest BCUT2D eigenvalue weighted by atomic mass is 35.5. The van der Waals surface area contributed by atoms with Crippen LogP contribution in [0.15, 0.2) is 66.1 Å². The lowest BCUT2D eigenvalue weighted by atomic mass is 9.83. The molecular weight excluding hydrogens is 544 g/mol. The third-order valence-electron chi connectivity index (χ3n) is 6.51. The summed E-state index contributed by atoms with van der Waals surface area (Å²) in [5, 5.41) is 10.5. The highest BCUT2D eigenvalue weighted by Crippen LogP contribution is 2.45. The summed E-state index contributed by atoms with van der Waals surface area (Å²) in [6, 6.07) is 17.9. The van der Waals surface area contributed by atoms with Gasteiger partial charge in [0.05, 0.1) is 19.1 Å². The Morgan fingerprint density at radius 3 is 2.54 bits per heavy atom. The van der Waals surface area contributed by atoms with E-state index in [0.717, 1.165) is 30.4 Å². The van der Waals surface area contributed by atoms with Crippen LogP contribution < -0.4 is 29.4 Å². The Morgan fingerprint density at radius 2 is 1.80 bits per heavy atom. The minimum absolute atomic E-state index is 0.0205. The lowest BCUT2D eigenvalue weighted by Gasteiger charge is -2.27. The van der Waals surface area contributed by atoms with Crippen LogP contribution in [0.4, 0.5) is 0 Å². The summed E-state index contributed by atoms with van der Waals surface area (Å²) in [4.78, 5) is 12.5. The van der Waals surface area contributed by atoms with Crippen LogP contribution in [0.2, 0.25) is 5.02 Å². The zero-order valence-corrected chi connectivity index (χ0v) is 24.1. The molecule has 1 aliphatic rings. The third-order valence-corrected chi connectivity index (χ3v) is 6.75. The summed E-state index contributed by atoms with van der Waals surface area (Å²) >= 11 is 5.98. The van der Waals surface area contributed by atoms with E-state index in [1.807, 2.05) is 32.0 Å². The van der Waals surface area contributed by atoms with Crippen molar-refractivity contribution in [2.75, 3.05) is 19.8 Å². The molecule has 4 rings (SSSR count). The molecule has 3 aromatic rings. The first-order valence-electron chi connectivity index (χ1n) is 13.5. The molecule has 0 amide bonds. The zero-order chi connectivity index (χ0) is 29.4. The van der Waals surface area contributed by atoms with Crippen molar-refractivity contribution in [1.82, 2.24) is 0 Å². The van der Waals surface area contributed by atoms with E-state index >= 15 is 0 Å². The highest BCUT2D eigenvalue weighted by molar-refractivity contribution is 6.30. The number of nitrogens with zero attached hydrogens (tertiary/aromatic N) is 1. The van der Waals surface area contributed by atoms with Crippen LogP contribution in [0.5, 0.6) is 28.7 Å². The molecule has 1 atom stereocenters. The lowest BCUT2D eigenvalue weighted by molar-refractivity contribution is -0.136. The van der Waals surface area contributed by atoms with E-state index in [4.69, 9.17) is 41.0 Å². The van der Waals surface area contributed by atoms with Crippen molar-refractivity contribution in [1.29, 1.82) is 5.26 Å². The number of carbonyl (C=O) groups is 1. The molecule has 0 saturated heterocycles. The maximum absolute atomic E-state index is 12.5. The summed E-state index contributed by atoms with van der Waals surface area (Å²) in [6.07, 6.45) is 3.14. The SMILES string of the molecule is CCCCCOc1ccc(C2C(C#N)=C(N)Oc3cc(OC(=O)COc4ccc(Cl)cc4C)ccc32)cc1OCC. The number of allylic oxidation sites excluding steroid dienone is 1. The van der Waals surface area contributed by atoms with Gasteiger partial charge in [-0.1, -0.05) is 43.5 Å². The predicted octanol–water partition coefficient (Wildman–Crippen LogP) is 6.82. The van der Waals surface area contributed by atoms with Crippen LogP contribution in [-0.2, 0) is 4.79 Å². The summed E-state index contributed by atoms with van der Waals surface area (Å²) in [7, 11) is 0. The van der Waals surface area contributed by atoms with Crippen LogP contribution in [-0.4, -0.2) is 25.8 Å². The van der Waals surface area contributed by atoms with Crippen molar-refractivity contribution in [3.63, 3.8) is 0 Å². The quantitative estimate of drug-likeness (QED) is 0.142. The lowest BCUT2D eigenvalue weighted by Crippen LogP contribution is -2.22. The summed E-state index contributed by atoms with van der Waals surface area (Å²) in [5.41, 5.74) is 8.74. The Bertz CT molecular complexity index is 1480. The Kier molecular flexibility index (Phi) is 9.99. The number of unbranched alkanes of at least 4 members (excludes halogenated alkanes) is 2.